The lowest BCUT2D eigenvalue weighted by molar-refractivity contribution is -0.127. The molecule has 0 aromatic heterocycles. The van der Waals surface area contributed by atoms with Crippen molar-refractivity contribution in [2.75, 3.05) is 5.32 Å². The number of amides is 2. The number of hydrogen-bond acceptors (Lipinski definition) is 3. The Morgan fingerprint density at radius 1 is 1.38 bits per heavy atom. The van der Waals surface area contributed by atoms with Crippen LogP contribution < -0.4 is 5.32 Å². The first-order chi connectivity index (χ1) is 7.65. The predicted molar refractivity (Wildman–Crippen MR) is 57.8 cm³/mol. The van der Waals surface area contributed by atoms with E-state index in [4.69, 9.17) is 0 Å². The van der Waals surface area contributed by atoms with E-state index in [-0.39, 0.29) is 5.91 Å². The molecular weight excluding hydrogens is 208 g/mol. The molecule has 1 aromatic carbocycles. The number of rotatable bonds is 1. The zero-order chi connectivity index (χ0) is 11.7. The third-order valence-corrected chi connectivity index (χ3v) is 2.82. The molecule has 5 nitrogen and oxygen atoms in total. The average molecular weight is 218 g/mol. The second kappa shape index (κ2) is 3.84. The minimum absolute atomic E-state index is 0.263. The van der Waals surface area contributed by atoms with Crippen LogP contribution in [0.25, 0.3) is 0 Å². The molecule has 2 rings (SSSR count). The highest BCUT2D eigenvalue weighted by Gasteiger charge is 2.37. The number of nitroso groups, excluding NO2 is 1. The number of carbonyl (C=O) groups excluding carboxylic acids is 2. The van der Waals surface area contributed by atoms with E-state index < -0.39 is 17.7 Å². The van der Waals surface area contributed by atoms with Gasteiger partial charge in [0.25, 0.3) is 5.91 Å². The van der Waals surface area contributed by atoms with Gasteiger partial charge in [-0.25, -0.2) is 0 Å². The molecule has 2 amide bonds. The lowest BCUT2D eigenvalue weighted by Gasteiger charge is -2.27. The summed E-state index contributed by atoms with van der Waals surface area (Å²) in [6.45, 7) is 1.61. The Morgan fingerprint density at radius 3 is 2.75 bits per heavy atom. The average Bonchev–Trinajstić information content (AvgIpc) is 2.30. The second-order valence-electron chi connectivity index (χ2n) is 3.77. The summed E-state index contributed by atoms with van der Waals surface area (Å²) in [4.78, 5) is 33.3. The van der Waals surface area contributed by atoms with Gasteiger partial charge in [-0.05, 0) is 11.6 Å². The highest BCUT2D eigenvalue weighted by atomic mass is 16.3. The van der Waals surface area contributed by atoms with Crippen LogP contribution in [0.1, 0.15) is 18.4 Å². The maximum Gasteiger partial charge on any atom is 0.294 e. The van der Waals surface area contributed by atoms with Crippen LogP contribution in [0.3, 0.4) is 0 Å². The SMILES string of the molecule is CC1C(=O)Nc2ccccc2C1C(=O)N=O. The number of anilines is 1. The second-order valence-corrected chi connectivity index (χ2v) is 3.77. The Kier molecular flexibility index (Phi) is 2.52. The van der Waals surface area contributed by atoms with Crippen LogP contribution in [0, 0.1) is 10.8 Å². The van der Waals surface area contributed by atoms with E-state index in [2.05, 4.69) is 10.5 Å². The van der Waals surface area contributed by atoms with Gasteiger partial charge in [-0.1, -0.05) is 25.1 Å². The van der Waals surface area contributed by atoms with E-state index in [0.29, 0.717) is 11.3 Å². The molecule has 0 spiro atoms. The number of fused-ring (bicyclic) bond motifs is 1. The molecule has 0 aliphatic carbocycles. The lowest BCUT2D eigenvalue weighted by atomic mass is 9.82. The molecule has 0 saturated carbocycles. The van der Waals surface area contributed by atoms with Crippen molar-refractivity contribution in [2.24, 2.45) is 11.1 Å². The highest BCUT2D eigenvalue weighted by Crippen LogP contribution is 2.36. The normalized spacial score (nSPS) is 23.2. The van der Waals surface area contributed by atoms with Crippen LogP contribution in [0.5, 0.6) is 0 Å². The van der Waals surface area contributed by atoms with Crippen molar-refractivity contribution in [3.05, 3.63) is 34.7 Å². The molecule has 5 heteroatoms. The van der Waals surface area contributed by atoms with E-state index in [1.54, 1.807) is 31.2 Å². The summed E-state index contributed by atoms with van der Waals surface area (Å²) in [5.41, 5.74) is 1.23. The van der Waals surface area contributed by atoms with Crippen molar-refractivity contribution in [1.82, 2.24) is 0 Å². The van der Waals surface area contributed by atoms with Crippen LogP contribution in [-0.4, -0.2) is 11.8 Å². The molecule has 1 aliphatic heterocycles. The number of nitrogens with one attached hydrogen (secondary N) is 1. The Labute approximate surface area is 91.8 Å². The fraction of sp³-hybridized carbons (Fsp3) is 0.273. The maximum absolute atomic E-state index is 11.6. The lowest BCUT2D eigenvalue weighted by Crippen LogP contribution is -2.34. The number of nitrogens with zero attached hydrogens (tertiary/aromatic N) is 1. The van der Waals surface area contributed by atoms with Crippen LogP contribution in [0.15, 0.2) is 29.4 Å². The molecule has 1 heterocycles. The molecule has 0 fully saturated rings. The third kappa shape index (κ3) is 1.50. The van der Waals surface area contributed by atoms with Gasteiger partial charge in [0.05, 0.1) is 11.8 Å². The smallest absolute Gasteiger partial charge is 0.294 e. The van der Waals surface area contributed by atoms with E-state index in [9.17, 15) is 14.5 Å². The van der Waals surface area contributed by atoms with Crippen molar-refractivity contribution in [3.8, 4) is 0 Å². The van der Waals surface area contributed by atoms with Gasteiger partial charge in [-0.15, -0.1) is 4.91 Å². The standard InChI is InChI=1S/C11H10N2O3/c1-6-9(11(15)13-16)7-4-2-3-5-8(7)12-10(6)14/h2-6,9H,1H3,(H,12,14). The van der Waals surface area contributed by atoms with Gasteiger partial charge in [0.2, 0.25) is 5.91 Å². The fourth-order valence-corrected chi connectivity index (χ4v) is 1.95. The van der Waals surface area contributed by atoms with Crippen LogP contribution in [-0.2, 0) is 9.59 Å². The zero-order valence-corrected chi connectivity index (χ0v) is 8.64. The van der Waals surface area contributed by atoms with Crippen LogP contribution in [0.4, 0.5) is 5.69 Å². The van der Waals surface area contributed by atoms with Crippen LogP contribution >= 0.6 is 0 Å². The molecular formula is C11H10N2O3. The van der Waals surface area contributed by atoms with E-state index in [1.165, 1.54) is 0 Å². The molecule has 1 aliphatic rings. The molecule has 1 aromatic rings. The molecule has 0 radical (unpaired) electrons. The Morgan fingerprint density at radius 2 is 2.06 bits per heavy atom. The summed E-state index contributed by atoms with van der Waals surface area (Å²) in [6, 6.07) is 6.93. The molecule has 0 saturated heterocycles. The third-order valence-electron chi connectivity index (χ3n) is 2.82. The number of carbonyl (C=O) groups is 2. The highest BCUT2D eigenvalue weighted by molar-refractivity contribution is 6.02. The minimum Gasteiger partial charge on any atom is -0.326 e. The van der Waals surface area contributed by atoms with Gasteiger partial charge in [-0.2, -0.15) is 0 Å². The van der Waals surface area contributed by atoms with Gasteiger partial charge >= 0.3 is 0 Å². The quantitative estimate of drug-likeness (QED) is 0.728. The Hall–Kier alpha value is -2.04. The van der Waals surface area contributed by atoms with Gasteiger partial charge in [0.1, 0.15) is 0 Å². The molecule has 1 N–H and O–H groups in total. The predicted octanol–water partition coefficient (Wildman–Crippen LogP) is 1.65. The first-order valence-corrected chi connectivity index (χ1v) is 4.92. The molecule has 0 bridgehead atoms. The van der Waals surface area contributed by atoms with E-state index in [1.807, 2.05) is 0 Å². The number of hydrogen-bond donors (Lipinski definition) is 1. The van der Waals surface area contributed by atoms with Gasteiger partial charge < -0.3 is 5.32 Å². The summed E-state index contributed by atoms with van der Waals surface area (Å²) < 4.78 is 0. The van der Waals surface area contributed by atoms with Gasteiger partial charge in [0, 0.05) is 10.9 Å². The molecule has 82 valence electrons. The molecule has 2 atom stereocenters. The number of benzene rings is 1. The summed E-state index contributed by atoms with van der Waals surface area (Å²) in [6.07, 6.45) is 0. The minimum atomic E-state index is -0.796. The van der Waals surface area contributed by atoms with Crippen molar-refractivity contribution in [1.29, 1.82) is 0 Å². The first kappa shape index (κ1) is 10.5. The van der Waals surface area contributed by atoms with Gasteiger partial charge in [-0.3, -0.25) is 9.59 Å². The Balaban J connectivity index is 2.54. The zero-order valence-electron chi connectivity index (χ0n) is 8.64. The number of para-hydroxylation sites is 1. The first-order valence-electron chi connectivity index (χ1n) is 4.92. The summed E-state index contributed by atoms with van der Waals surface area (Å²) >= 11 is 0. The van der Waals surface area contributed by atoms with Crippen molar-refractivity contribution < 1.29 is 9.59 Å². The van der Waals surface area contributed by atoms with E-state index in [0.717, 1.165) is 0 Å². The van der Waals surface area contributed by atoms with Crippen molar-refractivity contribution >= 4 is 17.5 Å². The van der Waals surface area contributed by atoms with Crippen molar-refractivity contribution in [2.45, 2.75) is 12.8 Å². The molecule has 16 heavy (non-hydrogen) atoms. The van der Waals surface area contributed by atoms with Crippen molar-refractivity contribution in [3.63, 3.8) is 0 Å². The topological polar surface area (TPSA) is 75.6 Å². The summed E-state index contributed by atoms with van der Waals surface area (Å²) in [5.74, 6) is -2.39. The van der Waals surface area contributed by atoms with E-state index >= 15 is 0 Å². The molecule has 2 unspecified atom stereocenters. The fourth-order valence-electron chi connectivity index (χ4n) is 1.95. The monoisotopic (exact) mass is 218 g/mol. The largest absolute Gasteiger partial charge is 0.326 e. The Bertz CT molecular complexity index is 470. The van der Waals surface area contributed by atoms with Crippen LogP contribution in [0.2, 0.25) is 0 Å². The maximum atomic E-state index is 11.6. The summed E-state index contributed by atoms with van der Waals surface area (Å²) in [7, 11) is 0. The van der Waals surface area contributed by atoms with Gasteiger partial charge in [0.15, 0.2) is 0 Å². The summed E-state index contributed by atoms with van der Waals surface area (Å²) in [5, 5.41) is 5.11.